The van der Waals surface area contributed by atoms with Crippen LogP contribution in [0, 0.1) is 5.92 Å². The normalized spacial score (nSPS) is 18.4. The molecular weight excluding hydrogens is 342 g/mol. The number of aromatic nitrogens is 3. The van der Waals surface area contributed by atoms with E-state index in [4.69, 9.17) is 9.47 Å². The van der Waals surface area contributed by atoms with Gasteiger partial charge in [0.25, 0.3) is 0 Å². The highest BCUT2D eigenvalue weighted by Gasteiger charge is 2.19. The minimum Gasteiger partial charge on any atom is -0.477 e. The minimum absolute atomic E-state index is 0.449. The Labute approximate surface area is 156 Å². The third-order valence-corrected chi connectivity index (χ3v) is 4.86. The van der Waals surface area contributed by atoms with E-state index in [-0.39, 0.29) is 0 Å². The molecule has 1 fully saturated rings. The molecule has 1 aromatic carbocycles. The molecule has 3 aromatic rings. The molecule has 1 saturated heterocycles. The summed E-state index contributed by atoms with van der Waals surface area (Å²) in [5, 5.41) is 5.41. The monoisotopic (exact) mass is 361 g/mol. The third kappa shape index (κ3) is 3.21. The lowest BCUT2D eigenvalue weighted by molar-refractivity contribution is 0.166. The predicted octanol–water partition coefficient (Wildman–Crippen LogP) is 2.81. The second-order valence-corrected chi connectivity index (χ2v) is 6.73. The lowest BCUT2D eigenvalue weighted by Crippen LogP contribution is -2.13. The first-order valence-electron chi connectivity index (χ1n) is 9.08. The first kappa shape index (κ1) is 16.1. The van der Waals surface area contributed by atoms with Gasteiger partial charge in [-0.25, -0.2) is 9.97 Å². The third-order valence-electron chi connectivity index (χ3n) is 4.86. The van der Waals surface area contributed by atoms with Gasteiger partial charge in [-0.3, -0.25) is 9.98 Å². The first-order chi connectivity index (χ1) is 13.4. The molecule has 1 N–H and O–H groups in total. The van der Waals surface area contributed by atoms with Gasteiger partial charge >= 0.3 is 0 Å². The van der Waals surface area contributed by atoms with Gasteiger partial charge in [0.1, 0.15) is 5.69 Å². The van der Waals surface area contributed by atoms with Gasteiger partial charge in [0.15, 0.2) is 5.84 Å². The predicted molar refractivity (Wildman–Crippen MR) is 102 cm³/mol. The molecule has 0 bridgehead atoms. The fourth-order valence-corrected chi connectivity index (χ4v) is 3.40. The van der Waals surface area contributed by atoms with Crippen molar-refractivity contribution in [2.45, 2.75) is 13.0 Å². The Hall–Kier alpha value is -3.06. The van der Waals surface area contributed by atoms with Gasteiger partial charge < -0.3 is 14.8 Å². The van der Waals surface area contributed by atoms with Crippen molar-refractivity contribution in [2.24, 2.45) is 10.9 Å². The molecule has 5 rings (SSSR count). The summed E-state index contributed by atoms with van der Waals surface area (Å²) in [5.41, 5.74) is 2.66. The number of rotatable bonds is 4. The Balaban J connectivity index is 1.36. The molecule has 0 saturated carbocycles. The highest BCUT2D eigenvalue weighted by Crippen LogP contribution is 2.27. The Morgan fingerprint density at radius 2 is 2.07 bits per heavy atom. The lowest BCUT2D eigenvalue weighted by atomic mass is 10.1. The summed E-state index contributed by atoms with van der Waals surface area (Å²) in [6.45, 7) is 2.79. The largest absolute Gasteiger partial charge is 0.477 e. The number of ether oxygens (including phenoxy) is 2. The van der Waals surface area contributed by atoms with Crippen LogP contribution in [-0.4, -0.2) is 40.6 Å². The summed E-state index contributed by atoms with van der Waals surface area (Å²) in [6.07, 6.45) is 6.21. The molecule has 4 heterocycles. The van der Waals surface area contributed by atoms with E-state index in [0.717, 1.165) is 53.3 Å². The van der Waals surface area contributed by atoms with Crippen LogP contribution < -0.4 is 10.1 Å². The fraction of sp³-hybridized carbons (Fsp3) is 0.300. The SMILES string of the molecule is c1cnc2c(n1)CN=C2Nc1ccc2c(OCC3CCOC3)nccc2c1. The zero-order valence-corrected chi connectivity index (χ0v) is 14.8. The number of amidine groups is 1. The van der Waals surface area contributed by atoms with Crippen LogP contribution in [0.15, 0.2) is 47.8 Å². The van der Waals surface area contributed by atoms with Gasteiger partial charge in [0, 0.05) is 42.2 Å². The number of hydrogen-bond acceptors (Lipinski definition) is 7. The highest BCUT2D eigenvalue weighted by molar-refractivity contribution is 6.09. The minimum atomic E-state index is 0.449. The van der Waals surface area contributed by atoms with Crippen molar-refractivity contribution < 1.29 is 9.47 Å². The van der Waals surface area contributed by atoms with E-state index in [2.05, 4.69) is 31.3 Å². The molecule has 0 aliphatic carbocycles. The summed E-state index contributed by atoms with van der Waals surface area (Å²) in [4.78, 5) is 17.6. The molecule has 1 unspecified atom stereocenters. The molecule has 0 radical (unpaired) electrons. The molecule has 2 aliphatic rings. The maximum absolute atomic E-state index is 5.97. The number of pyridine rings is 1. The van der Waals surface area contributed by atoms with Crippen molar-refractivity contribution in [3.8, 4) is 5.88 Å². The van der Waals surface area contributed by atoms with Crippen LogP contribution >= 0.6 is 0 Å². The maximum atomic E-state index is 5.97. The maximum Gasteiger partial charge on any atom is 0.221 e. The standard InChI is InChI=1S/C20H19N5O2/c1-2-16-14(3-5-23-20(16)27-12-13-4-8-26-11-13)9-15(1)25-19-18-17(10-24-19)21-6-7-22-18/h1-3,5-7,9,13H,4,8,10-12H2,(H,24,25). The summed E-state index contributed by atoms with van der Waals surface area (Å²) >= 11 is 0. The van der Waals surface area contributed by atoms with Gasteiger partial charge in [-0.05, 0) is 36.1 Å². The highest BCUT2D eigenvalue weighted by atomic mass is 16.5. The number of aliphatic imine (C=N–C) groups is 1. The van der Waals surface area contributed by atoms with Crippen LogP contribution in [0.3, 0.4) is 0 Å². The molecule has 7 heteroatoms. The molecule has 2 aromatic heterocycles. The molecule has 7 nitrogen and oxygen atoms in total. The summed E-state index contributed by atoms with van der Waals surface area (Å²) in [7, 11) is 0. The molecule has 1 atom stereocenters. The molecule has 0 amide bonds. The van der Waals surface area contributed by atoms with Crippen LogP contribution in [-0.2, 0) is 11.3 Å². The average molecular weight is 361 g/mol. The fourth-order valence-electron chi connectivity index (χ4n) is 3.40. The Kier molecular flexibility index (Phi) is 4.14. The molecule has 136 valence electrons. The Morgan fingerprint density at radius 1 is 1.11 bits per heavy atom. The van der Waals surface area contributed by atoms with E-state index >= 15 is 0 Å². The van der Waals surface area contributed by atoms with E-state index in [1.165, 1.54) is 0 Å². The van der Waals surface area contributed by atoms with Gasteiger partial charge in [0.2, 0.25) is 5.88 Å². The van der Waals surface area contributed by atoms with E-state index in [0.29, 0.717) is 24.9 Å². The lowest BCUT2D eigenvalue weighted by Gasteiger charge is -2.12. The topological polar surface area (TPSA) is 81.5 Å². The van der Waals surface area contributed by atoms with E-state index in [9.17, 15) is 0 Å². The number of nitrogens with zero attached hydrogens (tertiary/aromatic N) is 4. The van der Waals surface area contributed by atoms with Crippen molar-refractivity contribution in [3.63, 3.8) is 0 Å². The second kappa shape index (κ2) is 6.92. The average Bonchev–Trinajstić information content (AvgIpc) is 3.36. The van der Waals surface area contributed by atoms with Crippen LogP contribution in [0.25, 0.3) is 10.8 Å². The number of nitrogens with one attached hydrogen (secondary N) is 1. The van der Waals surface area contributed by atoms with Crippen LogP contribution in [0.1, 0.15) is 17.8 Å². The van der Waals surface area contributed by atoms with E-state index in [1.54, 1.807) is 18.6 Å². The van der Waals surface area contributed by atoms with Crippen molar-refractivity contribution in [3.05, 3.63) is 54.2 Å². The van der Waals surface area contributed by atoms with Crippen molar-refractivity contribution in [2.75, 3.05) is 25.1 Å². The zero-order valence-electron chi connectivity index (χ0n) is 14.8. The molecule has 27 heavy (non-hydrogen) atoms. The van der Waals surface area contributed by atoms with Gasteiger partial charge in [-0.15, -0.1) is 0 Å². The van der Waals surface area contributed by atoms with Crippen molar-refractivity contribution in [1.29, 1.82) is 0 Å². The zero-order chi connectivity index (χ0) is 18.1. The number of hydrogen-bond donors (Lipinski definition) is 1. The summed E-state index contributed by atoms with van der Waals surface area (Å²) in [5.74, 6) is 1.87. The Morgan fingerprint density at radius 3 is 3.00 bits per heavy atom. The van der Waals surface area contributed by atoms with Gasteiger partial charge in [-0.2, -0.15) is 0 Å². The van der Waals surface area contributed by atoms with Crippen LogP contribution in [0.4, 0.5) is 5.69 Å². The first-order valence-corrected chi connectivity index (χ1v) is 9.08. The van der Waals surface area contributed by atoms with Gasteiger partial charge in [0.05, 0.1) is 25.5 Å². The van der Waals surface area contributed by atoms with E-state index in [1.807, 2.05) is 18.2 Å². The molecule has 0 spiro atoms. The quantitative estimate of drug-likeness (QED) is 0.770. The Bertz CT molecular complexity index is 1010. The van der Waals surface area contributed by atoms with Crippen molar-refractivity contribution >= 4 is 22.3 Å². The second-order valence-electron chi connectivity index (χ2n) is 6.73. The number of benzene rings is 1. The molecular formula is C20H19N5O2. The number of fused-ring (bicyclic) bond motifs is 2. The van der Waals surface area contributed by atoms with E-state index < -0.39 is 0 Å². The summed E-state index contributed by atoms with van der Waals surface area (Å²) in [6, 6.07) is 8.08. The van der Waals surface area contributed by atoms with Crippen molar-refractivity contribution in [1.82, 2.24) is 15.0 Å². The van der Waals surface area contributed by atoms with Crippen LogP contribution in [0.5, 0.6) is 5.88 Å². The molecule has 2 aliphatic heterocycles. The van der Waals surface area contributed by atoms with Crippen LogP contribution in [0.2, 0.25) is 0 Å². The number of anilines is 1. The van der Waals surface area contributed by atoms with Gasteiger partial charge in [-0.1, -0.05) is 0 Å². The summed E-state index contributed by atoms with van der Waals surface area (Å²) < 4.78 is 11.4. The smallest absolute Gasteiger partial charge is 0.221 e.